The van der Waals surface area contributed by atoms with Crippen molar-refractivity contribution in [3.63, 3.8) is 0 Å². The fraction of sp³-hybridized carbons (Fsp3) is 0.263. The summed E-state index contributed by atoms with van der Waals surface area (Å²) in [6.45, 7) is 5.85. The maximum Gasteiger partial charge on any atom is 0.272 e. The molecule has 128 valence electrons. The van der Waals surface area contributed by atoms with E-state index in [1.54, 1.807) is 0 Å². The number of nitrogens with zero attached hydrogens (tertiary/aromatic N) is 1. The molecule has 6 nitrogen and oxygen atoms in total. The van der Waals surface area contributed by atoms with Crippen molar-refractivity contribution >= 4 is 11.5 Å². The normalized spacial score (nSPS) is 16.0. The largest absolute Gasteiger partial charge is 0.483 e. The van der Waals surface area contributed by atoms with Crippen molar-refractivity contribution in [2.75, 3.05) is 13.2 Å². The Bertz CT molecular complexity index is 915. The first-order valence-corrected chi connectivity index (χ1v) is 8.17. The Morgan fingerprint density at radius 2 is 2.00 bits per heavy atom. The molecule has 1 aromatic carbocycles. The van der Waals surface area contributed by atoms with Gasteiger partial charge in [0.05, 0.1) is 24.5 Å². The second kappa shape index (κ2) is 6.22. The average Bonchev–Trinajstić information content (AvgIpc) is 2.63. The highest BCUT2D eigenvalue weighted by Crippen LogP contribution is 2.28. The molecule has 4 rings (SSSR count). The van der Waals surface area contributed by atoms with Crippen LogP contribution in [0.4, 0.5) is 0 Å². The van der Waals surface area contributed by atoms with E-state index in [-0.39, 0.29) is 29.4 Å². The highest BCUT2D eigenvalue weighted by molar-refractivity contribution is 5.96. The van der Waals surface area contributed by atoms with Crippen molar-refractivity contribution in [3.8, 4) is 5.75 Å². The van der Waals surface area contributed by atoms with Crippen LogP contribution in [0.3, 0.4) is 0 Å². The Morgan fingerprint density at radius 1 is 1.20 bits per heavy atom. The zero-order valence-electron chi connectivity index (χ0n) is 13.7. The molecule has 0 fully saturated rings. The monoisotopic (exact) mass is 338 g/mol. The van der Waals surface area contributed by atoms with Crippen molar-refractivity contribution in [1.82, 2.24) is 9.88 Å². The first-order valence-electron chi connectivity index (χ1n) is 8.17. The lowest BCUT2D eigenvalue weighted by Crippen LogP contribution is -2.41. The van der Waals surface area contributed by atoms with Crippen LogP contribution in [0.2, 0.25) is 0 Å². The highest BCUT2D eigenvalue weighted by atomic mass is 16.5. The van der Waals surface area contributed by atoms with Gasteiger partial charge >= 0.3 is 0 Å². The molecule has 6 heteroatoms. The summed E-state index contributed by atoms with van der Waals surface area (Å²) in [7, 11) is 0. The van der Waals surface area contributed by atoms with E-state index in [2.05, 4.69) is 11.9 Å². The lowest BCUT2D eigenvalue weighted by Gasteiger charge is -2.29. The number of amides is 1. The Hall–Kier alpha value is -2.86. The molecular formula is C19H18N2O4. The zero-order valence-corrected chi connectivity index (χ0v) is 13.7. The average molecular weight is 338 g/mol. The van der Waals surface area contributed by atoms with Gasteiger partial charge in [0.15, 0.2) is 11.4 Å². The van der Waals surface area contributed by atoms with Gasteiger partial charge in [0.25, 0.3) is 5.91 Å². The summed E-state index contributed by atoms with van der Waals surface area (Å²) in [6.07, 6.45) is 0. The summed E-state index contributed by atoms with van der Waals surface area (Å²) >= 11 is 0. The van der Waals surface area contributed by atoms with E-state index in [0.717, 1.165) is 5.56 Å². The SMILES string of the molecule is C=C1COCc2c1c(=O)c(OCc1ccccc1)c1n2CCNC1=O. The summed E-state index contributed by atoms with van der Waals surface area (Å²) in [5.74, 6) is -0.215. The van der Waals surface area contributed by atoms with Crippen LogP contribution >= 0.6 is 0 Å². The molecule has 1 N–H and O–H groups in total. The summed E-state index contributed by atoms with van der Waals surface area (Å²) in [4.78, 5) is 25.5. The maximum atomic E-state index is 13.0. The molecule has 0 unspecified atom stereocenters. The number of aromatic nitrogens is 1. The molecule has 0 atom stereocenters. The van der Waals surface area contributed by atoms with Gasteiger partial charge in [0, 0.05) is 13.1 Å². The van der Waals surface area contributed by atoms with Crippen molar-refractivity contribution < 1.29 is 14.3 Å². The third-order valence-electron chi connectivity index (χ3n) is 4.46. The van der Waals surface area contributed by atoms with Gasteiger partial charge in [-0.15, -0.1) is 0 Å². The maximum absolute atomic E-state index is 13.0. The van der Waals surface area contributed by atoms with E-state index in [0.29, 0.717) is 43.1 Å². The lowest BCUT2D eigenvalue weighted by molar-refractivity contribution is 0.0909. The molecule has 0 saturated heterocycles. The van der Waals surface area contributed by atoms with Crippen LogP contribution in [0.25, 0.3) is 5.57 Å². The first-order chi connectivity index (χ1) is 12.2. The number of nitrogens with one attached hydrogen (secondary N) is 1. The second-order valence-corrected chi connectivity index (χ2v) is 6.11. The topological polar surface area (TPSA) is 69.6 Å². The summed E-state index contributed by atoms with van der Waals surface area (Å²) in [5.41, 5.74) is 2.76. The van der Waals surface area contributed by atoms with Gasteiger partial charge in [-0.25, -0.2) is 0 Å². The molecular weight excluding hydrogens is 320 g/mol. The van der Waals surface area contributed by atoms with E-state index >= 15 is 0 Å². The second-order valence-electron chi connectivity index (χ2n) is 6.11. The minimum absolute atomic E-state index is 0.0860. The number of carbonyl (C=O) groups is 1. The van der Waals surface area contributed by atoms with Crippen LogP contribution in [-0.4, -0.2) is 23.6 Å². The summed E-state index contributed by atoms with van der Waals surface area (Å²) in [5, 5.41) is 2.78. The number of carbonyl (C=O) groups excluding carboxylic acids is 1. The van der Waals surface area contributed by atoms with Gasteiger partial charge in [-0.05, 0) is 11.1 Å². The van der Waals surface area contributed by atoms with Crippen molar-refractivity contribution in [1.29, 1.82) is 0 Å². The number of fused-ring (bicyclic) bond motifs is 3. The molecule has 0 bridgehead atoms. The molecule has 2 aromatic rings. The highest BCUT2D eigenvalue weighted by Gasteiger charge is 2.31. The minimum Gasteiger partial charge on any atom is -0.483 e. The predicted octanol–water partition coefficient (Wildman–Crippen LogP) is 1.71. The number of ether oxygens (including phenoxy) is 2. The molecule has 2 aliphatic heterocycles. The third-order valence-corrected chi connectivity index (χ3v) is 4.46. The van der Waals surface area contributed by atoms with Crippen molar-refractivity contribution in [2.24, 2.45) is 0 Å². The van der Waals surface area contributed by atoms with E-state index in [4.69, 9.17) is 9.47 Å². The first kappa shape index (κ1) is 15.7. The Morgan fingerprint density at radius 3 is 2.80 bits per heavy atom. The van der Waals surface area contributed by atoms with E-state index in [1.807, 2.05) is 34.9 Å². The fourth-order valence-electron chi connectivity index (χ4n) is 3.30. The Balaban J connectivity index is 1.85. The lowest BCUT2D eigenvalue weighted by atomic mass is 10.0. The number of benzene rings is 1. The predicted molar refractivity (Wildman–Crippen MR) is 92.5 cm³/mol. The fourth-order valence-corrected chi connectivity index (χ4v) is 3.30. The van der Waals surface area contributed by atoms with Gasteiger partial charge < -0.3 is 19.4 Å². The minimum atomic E-state index is -0.301. The van der Waals surface area contributed by atoms with Crippen LogP contribution in [0, 0.1) is 0 Å². The molecule has 0 aliphatic carbocycles. The Labute approximate surface area is 144 Å². The summed E-state index contributed by atoms with van der Waals surface area (Å²) < 4.78 is 13.2. The molecule has 0 saturated carbocycles. The number of pyridine rings is 1. The molecule has 2 aliphatic rings. The van der Waals surface area contributed by atoms with Gasteiger partial charge in [-0.3, -0.25) is 9.59 Å². The zero-order chi connectivity index (χ0) is 17.4. The van der Waals surface area contributed by atoms with Crippen molar-refractivity contribution in [2.45, 2.75) is 19.8 Å². The number of hydrogen-bond acceptors (Lipinski definition) is 4. The molecule has 25 heavy (non-hydrogen) atoms. The van der Waals surface area contributed by atoms with Crippen molar-refractivity contribution in [3.05, 3.63) is 69.6 Å². The number of hydrogen-bond donors (Lipinski definition) is 1. The van der Waals surface area contributed by atoms with Crippen LogP contribution < -0.4 is 15.5 Å². The summed E-state index contributed by atoms with van der Waals surface area (Å²) in [6, 6.07) is 9.54. The van der Waals surface area contributed by atoms with E-state index in [9.17, 15) is 9.59 Å². The molecule has 1 aromatic heterocycles. The molecule has 3 heterocycles. The van der Waals surface area contributed by atoms with Crippen LogP contribution in [0.15, 0.2) is 41.7 Å². The van der Waals surface area contributed by atoms with Gasteiger partial charge in [0.1, 0.15) is 6.61 Å². The number of rotatable bonds is 3. The molecule has 1 amide bonds. The van der Waals surface area contributed by atoms with E-state index in [1.165, 1.54) is 0 Å². The third kappa shape index (κ3) is 2.64. The quantitative estimate of drug-likeness (QED) is 0.925. The van der Waals surface area contributed by atoms with Crippen LogP contribution in [0.1, 0.15) is 27.3 Å². The van der Waals surface area contributed by atoms with Gasteiger partial charge in [-0.2, -0.15) is 0 Å². The molecule has 0 spiro atoms. The van der Waals surface area contributed by atoms with Gasteiger partial charge in [0.2, 0.25) is 5.43 Å². The van der Waals surface area contributed by atoms with Crippen LogP contribution in [0.5, 0.6) is 5.75 Å². The van der Waals surface area contributed by atoms with Crippen LogP contribution in [-0.2, 0) is 24.5 Å². The van der Waals surface area contributed by atoms with Gasteiger partial charge in [-0.1, -0.05) is 36.9 Å². The standard InChI is InChI=1S/C19H18N2O4/c1-12-9-24-11-14-15(12)17(22)18(16-19(23)20-7-8-21(14)16)25-10-13-5-3-2-4-6-13/h2-6H,1,7-11H2,(H,20,23). The molecule has 0 radical (unpaired) electrons. The van der Waals surface area contributed by atoms with E-state index < -0.39 is 0 Å². The smallest absolute Gasteiger partial charge is 0.272 e. The Kier molecular flexibility index (Phi) is 3.89.